The summed E-state index contributed by atoms with van der Waals surface area (Å²) in [7, 11) is 0. The second-order valence-electron chi connectivity index (χ2n) is 8.46. The molecule has 3 heterocycles. The number of nitrogens with one attached hydrogen (secondary N) is 1. The molecule has 0 saturated heterocycles. The number of halogens is 2. The average Bonchev–Trinajstić information content (AvgIpc) is 3.61. The molecule has 3 aromatic heterocycles. The molecule has 0 spiro atoms. The molecule has 35 heavy (non-hydrogen) atoms. The summed E-state index contributed by atoms with van der Waals surface area (Å²) in [5.41, 5.74) is 1.81. The van der Waals surface area contributed by atoms with Crippen molar-refractivity contribution in [3.63, 3.8) is 0 Å². The van der Waals surface area contributed by atoms with Gasteiger partial charge in [-0.3, -0.25) is 9.48 Å². The number of nitrogens with zero attached hydrogens (tertiary/aromatic N) is 5. The van der Waals surface area contributed by atoms with E-state index in [9.17, 15) is 18.7 Å². The molecule has 0 radical (unpaired) electrons. The number of rotatable bonds is 8. The fourth-order valence-electron chi connectivity index (χ4n) is 4.43. The van der Waals surface area contributed by atoms with Crippen LogP contribution in [0.5, 0.6) is 0 Å². The molecule has 9 nitrogen and oxygen atoms in total. The molecule has 0 amide bonds. The Morgan fingerprint density at radius 1 is 1.17 bits per heavy atom. The number of carboxylic acids is 1. The van der Waals surface area contributed by atoms with E-state index in [1.165, 1.54) is 12.3 Å². The Labute approximate surface area is 198 Å². The lowest BCUT2D eigenvalue weighted by Crippen LogP contribution is -2.25. The number of hydrogen-bond acceptors (Lipinski definition) is 7. The van der Waals surface area contributed by atoms with Gasteiger partial charge < -0.3 is 14.9 Å². The molecule has 180 valence electrons. The van der Waals surface area contributed by atoms with Gasteiger partial charge in [-0.25, -0.2) is 18.7 Å². The van der Waals surface area contributed by atoms with Crippen LogP contribution in [0.3, 0.4) is 0 Å². The number of aromatic nitrogens is 5. The first kappa shape index (κ1) is 22.6. The maximum atomic E-state index is 14.5. The SMILES string of the molecule is O=C(O)C1CCCC1CNc1nc(-c2cc(-c3ccon3)n(Cc3ccccc3F)n2)ncc1F. The minimum Gasteiger partial charge on any atom is -0.481 e. The highest BCUT2D eigenvalue weighted by Crippen LogP contribution is 2.32. The van der Waals surface area contributed by atoms with Crippen molar-refractivity contribution >= 4 is 11.8 Å². The largest absolute Gasteiger partial charge is 0.481 e. The molecule has 1 saturated carbocycles. The molecule has 4 aromatic rings. The summed E-state index contributed by atoms with van der Waals surface area (Å²) in [6, 6.07) is 9.70. The van der Waals surface area contributed by atoms with E-state index >= 15 is 0 Å². The van der Waals surface area contributed by atoms with Gasteiger partial charge in [0, 0.05) is 18.2 Å². The van der Waals surface area contributed by atoms with Gasteiger partial charge in [-0.15, -0.1) is 0 Å². The minimum absolute atomic E-state index is 0.0299. The van der Waals surface area contributed by atoms with Gasteiger partial charge >= 0.3 is 5.97 Å². The molecule has 0 bridgehead atoms. The molecule has 0 aliphatic heterocycles. The zero-order valence-electron chi connectivity index (χ0n) is 18.6. The predicted molar refractivity (Wildman–Crippen MR) is 121 cm³/mol. The normalized spacial score (nSPS) is 17.5. The highest BCUT2D eigenvalue weighted by atomic mass is 19.1. The summed E-state index contributed by atoms with van der Waals surface area (Å²) >= 11 is 0. The van der Waals surface area contributed by atoms with Gasteiger partial charge in [0.05, 0.1) is 24.4 Å². The third kappa shape index (κ3) is 4.75. The zero-order chi connectivity index (χ0) is 24.4. The standard InChI is InChI=1S/C24H22F2N6O3/c25-17-7-2-1-4-15(17)13-32-21(19-8-9-35-31-19)10-20(30-32)23-28-12-18(26)22(29-23)27-11-14-5-3-6-16(14)24(33)34/h1-2,4,7-10,12,14,16H,3,5-6,11,13H2,(H,33,34)(H,27,28,29). The lowest BCUT2D eigenvalue weighted by Gasteiger charge is -2.17. The van der Waals surface area contributed by atoms with Gasteiger partial charge in [0.1, 0.15) is 23.5 Å². The predicted octanol–water partition coefficient (Wildman–Crippen LogP) is 4.23. The first-order valence-corrected chi connectivity index (χ1v) is 11.2. The quantitative estimate of drug-likeness (QED) is 0.385. The Morgan fingerprint density at radius 3 is 2.80 bits per heavy atom. The van der Waals surface area contributed by atoms with E-state index in [4.69, 9.17) is 4.52 Å². The summed E-state index contributed by atoms with van der Waals surface area (Å²) in [5.74, 6) is -2.29. The Morgan fingerprint density at radius 2 is 2.03 bits per heavy atom. The van der Waals surface area contributed by atoms with Crippen LogP contribution in [0.2, 0.25) is 0 Å². The van der Waals surface area contributed by atoms with E-state index in [0.29, 0.717) is 29.1 Å². The van der Waals surface area contributed by atoms with E-state index in [1.54, 1.807) is 35.0 Å². The zero-order valence-corrected chi connectivity index (χ0v) is 18.6. The van der Waals surface area contributed by atoms with Gasteiger partial charge in [0.25, 0.3) is 0 Å². The van der Waals surface area contributed by atoms with Gasteiger partial charge in [-0.2, -0.15) is 5.10 Å². The van der Waals surface area contributed by atoms with Crippen LogP contribution in [0.25, 0.3) is 22.9 Å². The maximum Gasteiger partial charge on any atom is 0.306 e. The molecule has 2 atom stereocenters. The van der Waals surface area contributed by atoms with Crippen LogP contribution in [-0.4, -0.2) is 42.5 Å². The fraction of sp³-hybridized carbons (Fsp3) is 0.292. The van der Waals surface area contributed by atoms with Gasteiger partial charge in [-0.1, -0.05) is 29.8 Å². The second-order valence-corrected chi connectivity index (χ2v) is 8.46. The summed E-state index contributed by atoms with van der Waals surface area (Å²) in [4.78, 5) is 19.8. The van der Waals surface area contributed by atoms with Gasteiger partial charge in [0.15, 0.2) is 17.5 Å². The lowest BCUT2D eigenvalue weighted by molar-refractivity contribution is -0.142. The number of anilines is 1. The van der Waals surface area contributed by atoms with E-state index in [2.05, 4.69) is 25.5 Å². The van der Waals surface area contributed by atoms with E-state index < -0.39 is 17.7 Å². The lowest BCUT2D eigenvalue weighted by atomic mass is 9.96. The Balaban J connectivity index is 1.43. The van der Waals surface area contributed by atoms with Gasteiger partial charge in [-0.05, 0) is 30.9 Å². The van der Waals surface area contributed by atoms with Crippen LogP contribution in [0.4, 0.5) is 14.6 Å². The number of carbonyl (C=O) groups is 1. The number of benzene rings is 1. The van der Waals surface area contributed by atoms with Crippen LogP contribution in [0.1, 0.15) is 24.8 Å². The second kappa shape index (κ2) is 9.61. The van der Waals surface area contributed by atoms with Crippen molar-refractivity contribution in [1.29, 1.82) is 0 Å². The first-order valence-electron chi connectivity index (χ1n) is 11.2. The highest BCUT2D eigenvalue weighted by Gasteiger charge is 2.32. The molecule has 1 aliphatic carbocycles. The average molecular weight is 480 g/mol. The van der Waals surface area contributed by atoms with Crippen molar-refractivity contribution in [2.45, 2.75) is 25.8 Å². The maximum absolute atomic E-state index is 14.5. The summed E-state index contributed by atoms with van der Waals surface area (Å²) in [6.45, 7) is 0.412. The first-order chi connectivity index (χ1) is 17.0. The van der Waals surface area contributed by atoms with Crippen LogP contribution < -0.4 is 5.32 Å². The van der Waals surface area contributed by atoms with Crippen LogP contribution in [0, 0.1) is 23.5 Å². The van der Waals surface area contributed by atoms with Crippen LogP contribution >= 0.6 is 0 Å². The summed E-state index contributed by atoms with van der Waals surface area (Å²) in [5, 5.41) is 20.8. The number of aliphatic carboxylic acids is 1. The Hall–Kier alpha value is -4.15. The highest BCUT2D eigenvalue weighted by molar-refractivity contribution is 5.71. The number of carboxylic acid groups (broad SMARTS) is 1. The topological polar surface area (TPSA) is 119 Å². The molecular formula is C24H22F2N6O3. The Kier molecular flexibility index (Phi) is 6.21. The smallest absolute Gasteiger partial charge is 0.306 e. The monoisotopic (exact) mass is 480 g/mol. The van der Waals surface area contributed by atoms with E-state index in [-0.39, 0.29) is 36.5 Å². The van der Waals surface area contributed by atoms with Crippen molar-refractivity contribution < 1.29 is 23.2 Å². The van der Waals surface area contributed by atoms with Gasteiger partial charge in [0.2, 0.25) is 0 Å². The minimum atomic E-state index is -0.834. The van der Waals surface area contributed by atoms with Crippen LogP contribution in [-0.2, 0) is 11.3 Å². The summed E-state index contributed by atoms with van der Waals surface area (Å²) < 4.78 is 35.3. The molecular weight excluding hydrogens is 458 g/mol. The third-order valence-corrected chi connectivity index (χ3v) is 6.24. The molecule has 1 fully saturated rings. The van der Waals surface area contributed by atoms with Crippen molar-refractivity contribution in [2.75, 3.05) is 11.9 Å². The molecule has 2 unspecified atom stereocenters. The Bertz CT molecular complexity index is 1340. The van der Waals surface area contributed by atoms with Crippen LogP contribution in [0.15, 0.2) is 53.4 Å². The molecule has 5 rings (SSSR count). The molecule has 1 aromatic carbocycles. The molecule has 2 N–H and O–H groups in total. The van der Waals surface area contributed by atoms with E-state index in [1.807, 2.05) is 0 Å². The van der Waals surface area contributed by atoms with E-state index in [0.717, 1.165) is 19.0 Å². The van der Waals surface area contributed by atoms with Crippen molar-refractivity contribution in [2.24, 2.45) is 11.8 Å². The molecule has 11 heteroatoms. The van der Waals surface area contributed by atoms with Crippen molar-refractivity contribution in [3.8, 4) is 22.9 Å². The van der Waals surface area contributed by atoms with Crippen molar-refractivity contribution in [3.05, 3.63) is 66.1 Å². The summed E-state index contributed by atoms with van der Waals surface area (Å²) in [6.07, 6.45) is 4.65. The fourth-order valence-corrected chi connectivity index (χ4v) is 4.43. The van der Waals surface area contributed by atoms with Crippen molar-refractivity contribution in [1.82, 2.24) is 24.9 Å². The third-order valence-electron chi connectivity index (χ3n) is 6.24. The molecule has 1 aliphatic rings. The number of hydrogen-bond donors (Lipinski definition) is 2.